The molecule has 1 aliphatic heterocycles. The third kappa shape index (κ3) is 1.08. The van der Waals surface area contributed by atoms with E-state index < -0.39 is 5.54 Å². The lowest BCUT2D eigenvalue weighted by atomic mass is 9.93. The third-order valence-electron chi connectivity index (χ3n) is 2.06. The summed E-state index contributed by atoms with van der Waals surface area (Å²) in [6, 6.07) is 0. The van der Waals surface area contributed by atoms with Gasteiger partial charge in [0.15, 0.2) is 5.78 Å². The van der Waals surface area contributed by atoms with Gasteiger partial charge in [0.2, 0.25) is 0 Å². The van der Waals surface area contributed by atoms with Crippen molar-refractivity contribution in [2.75, 3.05) is 5.75 Å². The number of thioether (sulfide) groups is 1. The van der Waals surface area contributed by atoms with Crippen LogP contribution in [0.1, 0.15) is 20.3 Å². The molecule has 0 amide bonds. The smallest absolute Gasteiger partial charge is 0.163 e. The molecule has 0 aromatic rings. The van der Waals surface area contributed by atoms with Crippen LogP contribution in [-0.4, -0.2) is 22.3 Å². The molecule has 1 aliphatic rings. The van der Waals surface area contributed by atoms with Crippen molar-refractivity contribution in [3.8, 4) is 0 Å². The van der Waals surface area contributed by atoms with Crippen LogP contribution in [0.25, 0.3) is 0 Å². The first-order valence-corrected chi connectivity index (χ1v) is 4.57. The fraction of sp³-hybridized carbons (Fsp3) is 0.857. The zero-order chi connectivity index (χ0) is 7.78. The second-order valence-electron chi connectivity index (χ2n) is 2.91. The summed E-state index contributed by atoms with van der Waals surface area (Å²) in [5.74, 6) is 0.801. The zero-order valence-corrected chi connectivity index (χ0v) is 7.20. The monoisotopic (exact) mass is 159 g/mol. The van der Waals surface area contributed by atoms with Crippen molar-refractivity contribution in [3.05, 3.63) is 0 Å². The number of Topliss-reactive ketones (excluding diaryl/α,β-unsaturated/α-hetero) is 1. The minimum Gasteiger partial charge on any atom is -0.318 e. The number of hydrogen-bond acceptors (Lipinski definition) is 3. The molecule has 0 spiro atoms. The lowest BCUT2D eigenvalue weighted by Crippen LogP contribution is -2.49. The number of carbonyl (C=O) groups is 1. The molecule has 2 N–H and O–H groups in total. The molecule has 0 saturated carbocycles. The molecule has 58 valence electrons. The summed E-state index contributed by atoms with van der Waals surface area (Å²) in [5, 5.41) is 0.333. The van der Waals surface area contributed by atoms with E-state index >= 15 is 0 Å². The van der Waals surface area contributed by atoms with Gasteiger partial charge in [-0.3, -0.25) is 4.79 Å². The number of hydrogen-bond donors (Lipinski definition) is 1. The Hall–Kier alpha value is -0.0200. The van der Waals surface area contributed by atoms with Crippen molar-refractivity contribution in [2.24, 2.45) is 5.73 Å². The van der Waals surface area contributed by atoms with Crippen molar-refractivity contribution < 1.29 is 4.79 Å². The van der Waals surface area contributed by atoms with E-state index in [2.05, 4.69) is 6.92 Å². The number of ketones is 1. The van der Waals surface area contributed by atoms with Crippen LogP contribution in [0.15, 0.2) is 0 Å². The second-order valence-corrected chi connectivity index (χ2v) is 4.10. The fourth-order valence-corrected chi connectivity index (χ4v) is 2.60. The molecule has 0 bridgehead atoms. The van der Waals surface area contributed by atoms with Gasteiger partial charge in [-0.15, -0.1) is 11.8 Å². The lowest BCUT2D eigenvalue weighted by Gasteiger charge is -2.22. The van der Waals surface area contributed by atoms with Crippen LogP contribution in [0.4, 0.5) is 0 Å². The first-order chi connectivity index (χ1) is 4.59. The molecule has 1 fully saturated rings. The summed E-state index contributed by atoms with van der Waals surface area (Å²) in [6.07, 6.45) is 0.989. The van der Waals surface area contributed by atoms with E-state index in [-0.39, 0.29) is 5.78 Å². The quantitative estimate of drug-likeness (QED) is 0.615. The highest BCUT2D eigenvalue weighted by Gasteiger charge is 2.42. The van der Waals surface area contributed by atoms with Gasteiger partial charge in [0.25, 0.3) is 0 Å². The maximum Gasteiger partial charge on any atom is 0.163 e. The number of rotatable bonds is 1. The normalized spacial score (nSPS) is 40.7. The van der Waals surface area contributed by atoms with Gasteiger partial charge < -0.3 is 5.73 Å². The summed E-state index contributed by atoms with van der Waals surface area (Å²) >= 11 is 1.68. The van der Waals surface area contributed by atoms with Crippen LogP contribution in [-0.2, 0) is 4.79 Å². The molecule has 0 radical (unpaired) electrons. The average Bonchev–Trinajstić information content (AvgIpc) is 2.10. The Morgan fingerprint density at radius 3 is 2.70 bits per heavy atom. The molecule has 2 atom stereocenters. The Bertz CT molecular complexity index is 156. The highest BCUT2D eigenvalue weighted by atomic mass is 32.2. The van der Waals surface area contributed by atoms with Gasteiger partial charge in [0, 0.05) is 5.25 Å². The molecule has 0 aromatic carbocycles. The minimum atomic E-state index is -0.556. The van der Waals surface area contributed by atoms with Crippen LogP contribution in [0.5, 0.6) is 0 Å². The van der Waals surface area contributed by atoms with Crippen LogP contribution < -0.4 is 5.73 Å². The molecular formula is C7H13NOS. The molecule has 1 heterocycles. The van der Waals surface area contributed by atoms with E-state index in [9.17, 15) is 4.79 Å². The molecule has 0 aliphatic carbocycles. The molecule has 1 rings (SSSR count). The Labute approximate surface area is 65.5 Å². The maximum absolute atomic E-state index is 11.1. The summed E-state index contributed by atoms with van der Waals surface area (Å²) in [7, 11) is 0. The van der Waals surface area contributed by atoms with E-state index in [1.165, 1.54) is 0 Å². The minimum absolute atomic E-state index is 0.198. The van der Waals surface area contributed by atoms with Crippen LogP contribution in [0.2, 0.25) is 0 Å². The van der Waals surface area contributed by atoms with Gasteiger partial charge in [0.1, 0.15) is 0 Å². The van der Waals surface area contributed by atoms with Gasteiger partial charge in [-0.2, -0.15) is 0 Å². The van der Waals surface area contributed by atoms with Crippen molar-refractivity contribution in [3.63, 3.8) is 0 Å². The van der Waals surface area contributed by atoms with Gasteiger partial charge in [0.05, 0.1) is 11.3 Å². The van der Waals surface area contributed by atoms with Crippen LogP contribution in [0.3, 0.4) is 0 Å². The Morgan fingerprint density at radius 1 is 1.90 bits per heavy atom. The second kappa shape index (κ2) is 2.55. The molecule has 3 heteroatoms. The lowest BCUT2D eigenvalue weighted by molar-refractivity contribution is -0.120. The Kier molecular flexibility index (Phi) is 2.06. The van der Waals surface area contributed by atoms with Gasteiger partial charge in [-0.1, -0.05) is 6.92 Å². The largest absolute Gasteiger partial charge is 0.318 e. The summed E-state index contributed by atoms with van der Waals surface area (Å²) in [4.78, 5) is 11.1. The molecular weight excluding hydrogens is 146 g/mol. The highest BCUT2D eigenvalue weighted by molar-refractivity contribution is 8.01. The summed E-state index contributed by atoms with van der Waals surface area (Å²) in [5.41, 5.74) is 5.25. The summed E-state index contributed by atoms with van der Waals surface area (Å²) in [6.45, 7) is 3.91. The first kappa shape index (κ1) is 8.08. The van der Waals surface area contributed by atoms with Crippen molar-refractivity contribution in [1.82, 2.24) is 0 Å². The number of nitrogens with two attached hydrogens (primary N) is 1. The fourth-order valence-electron chi connectivity index (χ4n) is 1.23. The van der Waals surface area contributed by atoms with E-state index in [1.807, 2.05) is 6.92 Å². The standard InChI is InChI=1S/C7H13NOS/c1-3-6-7(2,8)5(9)4-10-6/h6H,3-4,8H2,1-2H3. The Morgan fingerprint density at radius 2 is 2.50 bits per heavy atom. The van der Waals surface area contributed by atoms with E-state index in [4.69, 9.17) is 5.73 Å². The number of carbonyl (C=O) groups excluding carboxylic acids is 1. The van der Waals surface area contributed by atoms with Gasteiger partial charge >= 0.3 is 0 Å². The van der Waals surface area contributed by atoms with E-state index in [1.54, 1.807) is 11.8 Å². The van der Waals surface area contributed by atoms with Crippen molar-refractivity contribution in [1.29, 1.82) is 0 Å². The zero-order valence-electron chi connectivity index (χ0n) is 6.39. The third-order valence-corrected chi connectivity index (χ3v) is 3.71. The van der Waals surface area contributed by atoms with Crippen LogP contribution >= 0.6 is 11.8 Å². The topological polar surface area (TPSA) is 43.1 Å². The predicted molar refractivity (Wildman–Crippen MR) is 44.1 cm³/mol. The Balaban J connectivity index is 2.73. The molecule has 10 heavy (non-hydrogen) atoms. The summed E-state index contributed by atoms with van der Waals surface area (Å²) < 4.78 is 0. The van der Waals surface area contributed by atoms with E-state index in [0.29, 0.717) is 11.0 Å². The molecule has 0 aromatic heterocycles. The van der Waals surface area contributed by atoms with Gasteiger partial charge in [-0.05, 0) is 13.3 Å². The van der Waals surface area contributed by atoms with Crippen molar-refractivity contribution in [2.45, 2.75) is 31.1 Å². The van der Waals surface area contributed by atoms with Crippen molar-refractivity contribution >= 4 is 17.5 Å². The SMILES string of the molecule is CCC1SCC(=O)C1(C)N. The van der Waals surface area contributed by atoms with Gasteiger partial charge in [-0.25, -0.2) is 0 Å². The van der Waals surface area contributed by atoms with Crippen LogP contribution in [0, 0.1) is 0 Å². The molecule has 1 saturated heterocycles. The average molecular weight is 159 g/mol. The predicted octanol–water partition coefficient (Wildman–Crippen LogP) is 0.798. The first-order valence-electron chi connectivity index (χ1n) is 3.52. The maximum atomic E-state index is 11.1. The van der Waals surface area contributed by atoms with E-state index in [0.717, 1.165) is 6.42 Å². The molecule has 2 nitrogen and oxygen atoms in total. The molecule has 2 unspecified atom stereocenters. The highest BCUT2D eigenvalue weighted by Crippen LogP contribution is 2.32.